The van der Waals surface area contributed by atoms with Crippen molar-refractivity contribution in [3.8, 4) is 0 Å². The van der Waals surface area contributed by atoms with Crippen LogP contribution in [0, 0.1) is 0 Å². The Morgan fingerprint density at radius 2 is 1.68 bits per heavy atom. The summed E-state index contributed by atoms with van der Waals surface area (Å²) in [5.74, 6) is 0.689. The number of likely N-dealkylation sites (tertiary alicyclic amines) is 1. The summed E-state index contributed by atoms with van der Waals surface area (Å²) in [7, 11) is 3.72. The smallest absolute Gasteiger partial charge is 0.273 e. The molecule has 2 fully saturated rings. The summed E-state index contributed by atoms with van der Waals surface area (Å²) >= 11 is 7.82. The summed E-state index contributed by atoms with van der Waals surface area (Å²) in [6, 6.07) is 1.10. The highest BCUT2D eigenvalue weighted by Gasteiger charge is 2.34. The molecule has 3 heterocycles. The number of rotatable bonds is 9. The number of aliphatic hydroxyl groups excluding tert-OH is 1. The predicted molar refractivity (Wildman–Crippen MR) is 203 cm³/mol. The van der Waals surface area contributed by atoms with Crippen LogP contribution in [0.2, 0.25) is 5.15 Å². The first-order valence-corrected chi connectivity index (χ1v) is 18.6. The standard InChI is InChI=1S/C18H30ClN7O.C6H10O.C5H11NOS.C3H8.C2H6/c1-4-12-11-25(9-10-26(12)13-5-7-24(3)8-6-13)17-15(19)22-14(16(20)23-17)18(27)21-2;1-3-6(4-2)5-7;1-3-5(7)4-6-8-2;1-3-2;1-2/h12-13H,4-11H2,1-3H3,(H2,20,23)(H,21,27);3,5H,4H2,1-2H3;4,6-7H,3H2,1-2H3;3H2,1-2H3;1-2H3/b;6-3+;5-4-;;. The molecule has 3 rings (SSSR count). The van der Waals surface area contributed by atoms with Crippen LogP contribution in [0.3, 0.4) is 0 Å². The number of aldehydes is 1. The number of carbonyl (C=O) groups is 2. The van der Waals surface area contributed by atoms with Crippen LogP contribution in [0.25, 0.3) is 0 Å². The van der Waals surface area contributed by atoms with E-state index in [9.17, 15) is 9.59 Å². The zero-order valence-corrected chi connectivity index (χ0v) is 32.6. The van der Waals surface area contributed by atoms with Crippen molar-refractivity contribution in [3.63, 3.8) is 0 Å². The number of allylic oxidation sites excluding steroid dienone is 3. The molecule has 0 radical (unpaired) electrons. The maximum absolute atomic E-state index is 11.8. The lowest BCUT2D eigenvalue weighted by Crippen LogP contribution is -2.58. The molecule has 0 saturated carbocycles. The lowest BCUT2D eigenvalue weighted by molar-refractivity contribution is -0.105. The number of carbonyl (C=O) groups excluding carboxylic acids is 2. The van der Waals surface area contributed by atoms with Crippen molar-refractivity contribution in [2.24, 2.45) is 0 Å². The van der Waals surface area contributed by atoms with E-state index in [1.807, 2.05) is 47.0 Å². The number of piperidine rings is 1. The van der Waals surface area contributed by atoms with Gasteiger partial charge >= 0.3 is 0 Å². The first-order chi connectivity index (χ1) is 22.5. The number of nitrogen functional groups attached to an aromatic ring is 1. The van der Waals surface area contributed by atoms with Gasteiger partial charge in [-0.1, -0.05) is 84.5 Å². The van der Waals surface area contributed by atoms with Crippen molar-refractivity contribution in [1.82, 2.24) is 29.8 Å². The summed E-state index contributed by atoms with van der Waals surface area (Å²) in [6.45, 7) is 21.2. The second-order valence-corrected chi connectivity index (χ2v) is 11.8. The van der Waals surface area contributed by atoms with Crippen molar-refractivity contribution in [2.45, 2.75) is 106 Å². The van der Waals surface area contributed by atoms with Gasteiger partial charge in [-0.25, -0.2) is 9.97 Å². The average molecular weight is 701 g/mol. The van der Waals surface area contributed by atoms with E-state index in [1.54, 1.807) is 6.20 Å². The number of halogens is 1. The predicted octanol–water partition coefficient (Wildman–Crippen LogP) is 6.71. The molecular formula is C34H65ClN8O3S. The van der Waals surface area contributed by atoms with Gasteiger partial charge in [0.15, 0.2) is 22.5 Å². The third-order valence-electron chi connectivity index (χ3n) is 7.40. The molecule has 5 N–H and O–H groups in total. The molecule has 11 nitrogen and oxygen atoms in total. The Labute approximate surface area is 295 Å². The molecule has 272 valence electrons. The molecule has 2 aliphatic rings. The molecule has 1 atom stereocenters. The van der Waals surface area contributed by atoms with E-state index in [4.69, 9.17) is 22.4 Å². The molecule has 1 unspecified atom stereocenters. The Balaban J connectivity index is 0. The van der Waals surface area contributed by atoms with Crippen molar-refractivity contribution in [3.05, 3.63) is 34.5 Å². The Hall–Kier alpha value is -2.54. The second kappa shape index (κ2) is 28.5. The number of aliphatic hydroxyl groups is 1. The molecule has 13 heteroatoms. The minimum absolute atomic E-state index is 0.0725. The van der Waals surface area contributed by atoms with Crippen LogP contribution < -0.4 is 20.7 Å². The van der Waals surface area contributed by atoms with Crippen LogP contribution >= 0.6 is 23.5 Å². The van der Waals surface area contributed by atoms with Crippen molar-refractivity contribution < 1.29 is 14.7 Å². The van der Waals surface area contributed by atoms with Gasteiger partial charge in [0.25, 0.3) is 5.91 Å². The third kappa shape index (κ3) is 18.0. The number of piperazine rings is 1. The van der Waals surface area contributed by atoms with E-state index in [0.29, 0.717) is 30.1 Å². The monoisotopic (exact) mass is 700 g/mol. The minimum atomic E-state index is -0.382. The zero-order chi connectivity index (χ0) is 36.4. The Morgan fingerprint density at radius 1 is 1.09 bits per heavy atom. The molecule has 2 aliphatic heterocycles. The quantitative estimate of drug-likeness (QED) is 0.0945. The fourth-order valence-electron chi connectivity index (χ4n) is 4.72. The molecule has 0 bridgehead atoms. The van der Waals surface area contributed by atoms with Gasteiger partial charge in [-0.3, -0.25) is 14.5 Å². The van der Waals surface area contributed by atoms with Gasteiger partial charge in [0.05, 0.1) is 0 Å². The van der Waals surface area contributed by atoms with E-state index < -0.39 is 0 Å². The van der Waals surface area contributed by atoms with Gasteiger partial charge in [0, 0.05) is 57.6 Å². The van der Waals surface area contributed by atoms with Crippen LogP contribution in [-0.2, 0) is 4.79 Å². The molecule has 2 saturated heterocycles. The fraction of sp³-hybridized carbons (Fsp3) is 0.706. The van der Waals surface area contributed by atoms with E-state index in [2.05, 4.69) is 62.5 Å². The Bertz CT molecular complexity index is 1050. The summed E-state index contributed by atoms with van der Waals surface area (Å²) in [5, 5.41) is 11.5. The molecule has 1 aromatic heterocycles. The van der Waals surface area contributed by atoms with Crippen LogP contribution in [0.5, 0.6) is 0 Å². The Morgan fingerprint density at radius 3 is 2.11 bits per heavy atom. The van der Waals surface area contributed by atoms with Crippen LogP contribution in [0.15, 0.2) is 23.6 Å². The van der Waals surface area contributed by atoms with Gasteiger partial charge in [-0.15, -0.1) is 0 Å². The fourth-order valence-corrected chi connectivity index (χ4v) is 5.22. The molecule has 47 heavy (non-hydrogen) atoms. The topological polar surface area (TPSA) is 140 Å². The summed E-state index contributed by atoms with van der Waals surface area (Å²) < 4.78 is 2.80. The van der Waals surface area contributed by atoms with Gasteiger partial charge in [-0.2, -0.15) is 0 Å². The van der Waals surface area contributed by atoms with Gasteiger partial charge in [0.2, 0.25) is 0 Å². The number of amides is 1. The van der Waals surface area contributed by atoms with Gasteiger partial charge < -0.3 is 30.7 Å². The molecule has 0 aromatic carbocycles. The van der Waals surface area contributed by atoms with Crippen LogP contribution in [-0.4, -0.2) is 102 Å². The van der Waals surface area contributed by atoms with Gasteiger partial charge in [0.1, 0.15) is 12.0 Å². The number of aromatic nitrogens is 2. The minimum Gasteiger partial charge on any atom is -0.511 e. The first-order valence-electron chi connectivity index (χ1n) is 17.0. The number of nitrogens with two attached hydrogens (primary N) is 1. The summed E-state index contributed by atoms with van der Waals surface area (Å²) in [5.41, 5.74) is 6.91. The molecular weight excluding hydrogens is 636 g/mol. The second-order valence-electron chi connectivity index (χ2n) is 10.8. The molecule has 0 spiro atoms. The largest absolute Gasteiger partial charge is 0.511 e. The maximum Gasteiger partial charge on any atom is 0.273 e. The van der Waals surface area contributed by atoms with Crippen molar-refractivity contribution in [2.75, 3.05) is 63.7 Å². The number of hydrogen-bond donors (Lipinski definition) is 4. The maximum atomic E-state index is 11.8. The number of hydrogen-bond acceptors (Lipinski definition) is 11. The highest BCUT2D eigenvalue weighted by molar-refractivity contribution is 7.96. The van der Waals surface area contributed by atoms with E-state index in [-0.39, 0.29) is 22.6 Å². The summed E-state index contributed by atoms with van der Waals surface area (Å²) in [6.07, 6.45) is 12.5. The number of nitrogens with zero attached hydrogens (tertiary/aromatic N) is 5. The van der Waals surface area contributed by atoms with E-state index >= 15 is 0 Å². The lowest BCUT2D eigenvalue weighted by atomic mass is 9.98. The van der Waals surface area contributed by atoms with Gasteiger partial charge in [-0.05, 0) is 58.3 Å². The van der Waals surface area contributed by atoms with Crippen molar-refractivity contribution >= 4 is 47.4 Å². The molecule has 1 amide bonds. The van der Waals surface area contributed by atoms with E-state index in [0.717, 1.165) is 57.4 Å². The highest BCUT2D eigenvalue weighted by atomic mass is 35.5. The highest BCUT2D eigenvalue weighted by Crippen LogP contribution is 2.29. The molecule has 1 aromatic rings. The Kier molecular flexibility index (Phi) is 28.2. The lowest BCUT2D eigenvalue weighted by Gasteiger charge is -2.47. The average Bonchev–Trinajstić information content (AvgIpc) is 3.10. The number of nitrogens with one attached hydrogen (secondary N) is 2. The first kappa shape index (κ1) is 46.6. The summed E-state index contributed by atoms with van der Waals surface area (Å²) in [4.78, 5) is 37.5. The number of anilines is 2. The van der Waals surface area contributed by atoms with Crippen molar-refractivity contribution in [1.29, 1.82) is 0 Å². The zero-order valence-electron chi connectivity index (χ0n) is 31.0. The van der Waals surface area contributed by atoms with E-state index in [1.165, 1.54) is 38.3 Å². The SMILES string of the molecule is C/C=C(/C=O)CC.CC.CC/C(O)=C/NSC.CCC.CCC1CN(c2nc(N)c(C(=O)NC)nc2Cl)CCN1C1CCN(C)CC1. The van der Waals surface area contributed by atoms with Crippen LogP contribution in [0.1, 0.15) is 104 Å². The van der Waals surface area contributed by atoms with Crippen LogP contribution in [0.4, 0.5) is 11.6 Å². The third-order valence-corrected chi connectivity index (χ3v) is 8.00. The molecule has 0 aliphatic carbocycles. The normalized spacial score (nSPS) is 17.3.